The molecule has 3 atom stereocenters. The number of pyridine rings is 1. The Morgan fingerprint density at radius 3 is 2.57 bits per heavy atom. The van der Waals surface area contributed by atoms with Crippen LogP contribution in [0.3, 0.4) is 0 Å². The highest BCUT2D eigenvalue weighted by Gasteiger charge is 2.48. The van der Waals surface area contributed by atoms with Crippen molar-refractivity contribution >= 4 is 5.78 Å². The van der Waals surface area contributed by atoms with Gasteiger partial charge >= 0.3 is 0 Å². The Morgan fingerprint density at radius 1 is 1.25 bits per heavy atom. The zero-order valence-electron chi connectivity index (χ0n) is 15.9. The van der Waals surface area contributed by atoms with Crippen molar-refractivity contribution < 1.29 is 19.4 Å². The fourth-order valence-corrected chi connectivity index (χ4v) is 4.86. The van der Waals surface area contributed by atoms with Crippen molar-refractivity contribution in [2.75, 3.05) is 19.6 Å². The smallest absolute Gasteiger partial charge is 0.195 e. The van der Waals surface area contributed by atoms with Gasteiger partial charge in [-0.05, 0) is 60.9 Å². The summed E-state index contributed by atoms with van der Waals surface area (Å²) in [5, 5.41) is 20.4. The number of aryl methyl sites for hydroxylation is 1. The summed E-state index contributed by atoms with van der Waals surface area (Å²) in [5.41, 5.74) is 1.17. The predicted molar refractivity (Wildman–Crippen MR) is 103 cm³/mol. The number of benzene rings is 1. The first kappa shape index (κ1) is 19.0. The molecule has 1 aromatic carbocycles. The Kier molecular flexibility index (Phi) is 4.93. The van der Waals surface area contributed by atoms with Crippen LogP contribution in [0.5, 0.6) is 5.75 Å². The van der Waals surface area contributed by atoms with E-state index in [1.165, 1.54) is 24.4 Å². The average molecular weight is 384 g/mol. The number of halogens is 1. The molecule has 5 nitrogen and oxygen atoms in total. The van der Waals surface area contributed by atoms with E-state index in [9.17, 15) is 19.4 Å². The molecule has 2 aromatic rings. The summed E-state index contributed by atoms with van der Waals surface area (Å²) in [5.74, 6) is 0.501. The first-order valence-corrected chi connectivity index (χ1v) is 9.69. The van der Waals surface area contributed by atoms with Crippen molar-refractivity contribution in [1.82, 2.24) is 9.88 Å². The Labute approximate surface area is 163 Å². The first-order chi connectivity index (χ1) is 13.3. The van der Waals surface area contributed by atoms with E-state index in [-0.39, 0.29) is 17.3 Å². The molecule has 28 heavy (non-hydrogen) atoms. The van der Waals surface area contributed by atoms with E-state index >= 15 is 0 Å². The standard InChI is InChI=1S/C22H25FN2O3/c1-14-6-15(2-4-19(14)23)7-22(28)8-16-11-25(12-17(16)9-22)13-21(27)20-5-3-18(26)10-24-20/h2-6,10,16-17,26,28H,7-9,11-13H2,1H3/t16-,17+,22?. The second-order valence-electron chi connectivity index (χ2n) is 8.43. The third-order valence-electron chi connectivity index (χ3n) is 6.09. The van der Waals surface area contributed by atoms with Crippen LogP contribution < -0.4 is 0 Å². The number of ketones is 1. The molecule has 1 unspecified atom stereocenters. The van der Waals surface area contributed by atoms with Gasteiger partial charge in [0.1, 0.15) is 17.3 Å². The molecule has 1 aliphatic carbocycles. The van der Waals surface area contributed by atoms with Gasteiger partial charge in [0.15, 0.2) is 5.78 Å². The van der Waals surface area contributed by atoms with Gasteiger partial charge in [0.25, 0.3) is 0 Å². The highest BCUT2D eigenvalue weighted by molar-refractivity contribution is 5.95. The van der Waals surface area contributed by atoms with E-state index in [4.69, 9.17) is 0 Å². The summed E-state index contributed by atoms with van der Waals surface area (Å²) in [6, 6.07) is 8.05. The number of likely N-dealkylation sites (tertiary alicyclic amines) is 1. The zero-order valence-corrected chi connectivity index (χ0v) is 15.9. The Bertz CT molecular complexity index is 870. The maximum atomic E-state index is 13.5. The SMILES string of the molecule is Cc1cc(CC2(O)C[C@H]3CN(CC(=O)c4ccc(O)cn4)C[C@H]3C2)ccc1F. The lowest BCUT2D eigenvalue weighted by molar-refractivity contribution is 0.0355. The molecule has 2 N–H and O–H groups in total. The van der Waals surface area contributed by atoms with E-state index < -0.39 is 5.60 Å². The third kappa shape index (κ3) is 3.93. The van der Waals surface area contributed by atoms with Gasteiger partial charge in [-0.3, -0.25) is 9.69 Å². The van der Waals surface area contributed by atoms with Gasteiger partial charge < -0.3 is 10.2 Å². The molecule has 1 aromatic heterocycles. The van der Waals surface area contributed by atoms with Crippen LogP contribution in [-0.2, 0) is 6.42 Å². The fraction of sp³-hybridized carbons (Fsp3) is 0.455. The molecular weight excluding hydrogens is 359 g/mol. The summed E-state index contributed by atoms with van der Waals surface area (Å²) < 4.78 is 13.5. The van der Waals surface area contributed by atoms with Gasteiger partial charge in [0.2, 0.25) is 0 Å². The summed E-state index contributed by atoms with van der Waals surface area (Å²) in [4.78, 5) is 18.5. The second-order valence-corrected chi connectivity index (χ2v) is 8.43. The van der Waals surface area contributed by atoms with Crippen molar-refractivity contribution in [2.45, 2.75) is 31.8 Å². The number of rotatable bonds is 5. The maximum absolute atomic E-state index is 13.5. The summed E-state index contributed by atoms with van der Waals surface area (Å²) >= 11 is 0. The van der Waals surface area contributed by atoms with Crippen LogP contribution >= 0.6 is 0 Å². The van der Waals surface area contributed by atoms with Crippen LogP contribution in [0.25, 0.3) is 0 Å². The lowest BCUT2D eigenvalue weighted by atomic mass is 9.90. The second kappa shape index (κ2) is 7.26. The minimum atomic E-state index is -0.756. The van der Waals surface area contributed by atoms with Gasteiger partial charge in [-0.25, -0.2) is 9.37 Å². The molecule has 6 heteroatoms. The van der Waals surface area contributed by atoms with E-state index in [2.05, 4.69) is 9.88 Å². The number of carbonyl (C=O) groups excluding carboxylic acids is 1. The number of nitrogens with zero attached hydrogens (tertiary/aromatic N) is 2. The zero-order chi connectivity index (χ0) is 19.9. The number of fused-ring (bicyclic) bond motifs is 1. The maximum Gasteiger partial charge on any atom is 0.195 e. The lowest BCUT2D eigenvalue weighted by Crippen LogP contribution is -2.34. The van der Waals surface area contributed by atoms with Crippen molar-refractivity contribution in [3.05, 3.63) is 59.2 Å². The predicted octanol–water partition coefficient (Wildman–Crippen LogP) is 2.73. The van der Waals surface area contributed by atoms with Gasteiger partial charge in [0.05, 0.1) is 18.3 Å². The minimum absolute atomic E-state index is 0.0443. The van der Waals surface area contributed by atoms with E-state index in [0.29, 0.717) is 48.9 Å². The summed E-state index contributed by atoms with van der Waals surface area (Å²) in [6.45, 7) is 3.63. The quantitative estimate of drug-likeness (QED) is 0.776. The molecule has 1 saturated heterocycles. The number of aliphatic hydroxyl groups is 1. The summed E-state index contributed by atoms with van der Waals surface area (Å²) in [6.07, 6.45) is 3.23. The average Bonchev–Trinajstić information content (AvgIpc) is 3.12. The molecule has 1 saturated carbocycles. The number of Topliss-reactive ketones (excluding diaryl/α,β-unsaturated/α-hetero) is 1. The van der Waals surface area contributed by atoms with Gasteiger partial charge in [-0.2, -0.15) is 0 Å². The molecule has 2 aliphatic rings. The van der Waals surface area contributed by atoms with Crippen LogP contribution in [0, 0.1) is 24.6 Å². The highest BCUT2D eigenvalue weighted by atomic mass is 19.1. The van der Waals surface area contributed by atoms with Gasteiger partial charge in [0, 0.05) is 19.5 Å². The monoisotopic (exact) mass is 384 g/mol. The van der Waals surface area contributed by atoms with Crippen LogP contribution in [-0.4, -0.2) is 51.1 Å². The lowest BCUT2D eigenvalue weighted by Gasteiger charge is -2.26. The molecule has 0 radical (unpaired) electrons. The number of carbonyl (C=O) groups is 1. The molecule has 2 fully saturated rings. The number of aromatic hydroxyl groups is 1. The van der Waals surface area contributed by atoms with Crippen LogP contribution in [0.1, 0.15) is 34.5 Å². The van der Waals surface area contributed by atoms with E-state index in [1.54, 1.807) is 13.0 Å². The number of hydrogen-bond donors (Lipinski definition) is 2. The summed E-state index contributed by atoms with van der Waals surface area (Å²) in [7, 11) is 0. The van der Waals surface area contributed by atoms with Crippen molar-refractivity contribution in [3.63, 3.8) is 0 Å². The molecule has 2 heterocycles. The molecular formula is C22H25FN2O3. The van der Waals surface area contributed by atoms with Crippen molar-refractivity contribution in [2.24, 2.45) is 11.8 Å². The van der Waals surface area contributed by atoms with Crippen LogP contribution in [0.4, 0.5) is 4.39 Å². The minimum Gasteiger partial charge on any atom is -0.506 e. The highest BCUT2D eigenvalue weighted by Crippen LogP contribution is 2.45. The Balaban J connectivity index is 1.34. The van der Waals surface area contributed by atoms with Gasteiger partial charge in [-0.1, -0.05) is 12.1 Å². The Morgan fingerprint density at radius 2 is 1.96 bits per heavy atom. The largest absolute Gasteiger partial charge is 0.506 e. The van der Waals surface area contributed by atoms with Crippen LogP contribution in [0.15, 0.2) is 36.5 Å². The van der Waals surface area contributed by atoms with Crippen LogP contribution in [0.2, 0.25) is 0 Å². The number of aromatic nitrogens is 1. The molecule has 1 aliphatic heterocycles. The molecule has 4 rings (SSSR count). The molecule has 0 amide bonds. The fourth-order valence-electron chi connectivity index (χ4n) is 4.86. The third-order valence-corrected chi connectivity index (χ3v) is 6.09. The number of hydrogen-bond acceptors (Lipinski definition) is 5. The normalized spacial score (nSPS) is 27.1. The first-order valence-electron chi connectivity index (χ1n) is 9.69. The molecule has 0 bridgehead atoms. The van der Waals surface area contributed by atoms with Crippen molar-refractivity contribution in [3.8, 4) is 5.75 Å². The van der Waals surface area contributed by atoms with E-state index in [0.717, 1.165) is 18.7 Å². The topological polar surface area (TPSA) is 73.7 Å². The van der Waals surface area contributed by atoms with E-state index in [1.807, 2.05) is 6.07 Å². The molecule has 148 valence electrons. The Hall–Kier alpha value is -2.31. The van der Waals surface area contributed by atoms with Gasteiger partial charge in [-0.15, -0.1) is 0 Å². The van der Waals surface area contributed by atoms with Crippen molar-refractivity contribution in [1.29, 1.82) is 0 Å². The molecule has 0 spiro atoms.